The largest absolute Gasteiger partial charge is 0.468 e. The number of aryl methyl sites for hydroxylation is 2. The monoisotopic (exact) mass is 289 g/mol. The average molecular weight is 289 g/mol. The van der Waals surface area contributed by atoms with Crippen LogP contribution in [0.3, 0.4) is 0 Å². The number of rotatable bonds is 4. The molecule has 2 rings (SSSR count). The molecule has 5 nitrogen and oxygen atoms in total. The Morgan fingerprint density at radius 3 is 2.67 bits per heavy atom. The predicted octanol–water partition coefficient (Wildman–Crippen LogP) is 2.22. The fourth-order valence-corrected chi connectivity index (χ4v) is 2.17. The zero-order valence-corrected chi connectivity index (χ0v) is 12.7. The van der Waals surface area contributed by atoms with Crippen LogP contribution in [0.2, 0.25) is 0 Å². The quantitative estimate of drug-likeness (QED) is 0.810. The van der Waals surface area contributed by atoms with Gasteiger partial charge in [-0.2, -0.15) is 0 Å². The van der Waals surface area contributed by atoms with Crippen molar-refractivity contribution in [2.24, 2.45) is 0 Å². The molecule has 0 aliphatic rings. The highest BCUT2D eigenvalue weighted by Crippen LogP contribution is 2.26. The Hall–Kier alpha value is -2.30. The molecule has 112 valence electrons. The fraction of sp³-hybridized carbons (Fsp3) is 0.375. The minimum Gasteiger partial charge on any atom is -0.468 e. The first-order valence-electron chi connectivity index (χ1n) is 6.71. The Morgan fingerprint density at radius 1 is 1.29 bits per heavy atom. The molecule has 2 aromatic rings. The second kappa shape index (κ2) is 5.99. The van der Waals surface area contributed by atoms with Crippen LogP contribution in [-0.2, 0) is 20.7 Å². The lowest BCUT2D eigenvalue weighted by Crippen LogP contribution is -2.33. The van der Waals surface area contributed by atoms with Crippen molar-refractivity contribution in [2.75, 3.05) is 20.7 Å². The molecule has 1 heterocycles. The molecule has 0 bridgehead atoms. The van der Waals surface area contributed by atoms with E-state index in [1.165, 1.54) is 12.0 Å². The number of likely N-dealkylation sites (N-methyl/N-ethyl adjacent to an activating group) is 1. The first-order chi connectivity index (χ1) is 9.93. The van der Waals surface area contributed by atoms with Crippen LogP contribution in [0.5, 0.6) is 0 Å². The summed E-state index contributed by atoms with van der Waals surface area (Å²) in [6, 6.07) is 3.98. The average Bonchev–Trinajstić information content (AvgIpc) is 2.86. The molecule has 0 radical (unpaired) electrons. The van der Waals surface area contributed by atoms with Gasteiger partial charge >= 0.3 is 5.97 Å². The summed E-state index contributed by atoms with van der Waals surface area (Å²) in [7, 11) is 2.88. The van der Waals surface area contributed by atoms with E-state index in [-0.39, 0.29) is 18.9 Å². The summed E-state index contributed by atoms with van der Waals surface area (Å²) in [4.78, 5) is 24.7. The van der Waals surface area contributed by atoms with Crippen LogP contribution in [0.4, 0.5) is 0 Å². The molecular weight excluding hydrogens is 270 g/mol. The van der Waals surface area contributed by atoms with Gasteiger partial charge in [0.15, 0.2) is 0 Å². The summed E-state index contributed by atoms with van der Waals surface area (Å²) in [6.07, 6.45) is 1.81. The van der Waals surface area contributed by atoms with E-state index in [9.17, 15) is 9.59 Å². The number of carbonyl (C=O) groups excluding carboxylic acids is 2. The number of methoxy groups -OCH3 is 1. The summed E-state index contributed by atoms with van der Waals surface area (Å²) in [5.41, 5.74) is 3.87. The van der Waals surface area contributed by atoms with Gasteiger partial charge < -0.3 is 14.1 Å². The van der Waals surface area contributed by atoms with Gasteiger partial charge in [0, 0.05) is 18.0 Å². The maximum absolute atomic E-state index is 12.1. The van der Waals surface area contributed by atoms with Crippen LogP contribution in [0.1, 0.15) is 16.7 Å². The van der Waals surface area contributed by atoms with Gasteiger partial charge in [-0.3, -0.25) is 9.59 Å². The second-order valence-corrected chi connectivity index (χ2v) is 5.15. The molecule has 21 heavy (non-hydrogen) atoms. The predicted molar refractivity (Wildman–Crippen MR) is 79.0 cm³/mol. The summed E-state index contributed by atoms with van der Waals surface area (Å²) < 4.78 is 10.1. The molecule has 1 aromatic heterocycles. The Bertz CT molecular complexity index is 687. The second-order valence-electron chi connectivity index (χ2n) is 5.15. The summed E-state index contributed by atoms with van der Waals surface area (Å²) >= 11 is 0. The number of ether oxygens (including phenoxy) is 1. The fourth-order valence-electron chi connectivity index (χ4n) is 2.17. The number of amides is 1. The lowest BCUT2D eigenvalue weighted by molar-refractivity contribution is -0.145. The molecule has 1 amide bonds. The first kappa shape index (κ1) is 15.1. The topological polar surface area (TPSA) is 59.8 Å². The molecule has 0 saturated heterocycles. The third-order valence-electron chi connectivity index (χ3n) is 3.70. The van der Waals surface area contributed by atoms with E-state index in [2.05, 4.69) is 4.74 Å². The van der Waals surface area contributed by atoms with Gasteiger partial charge in [-0.15, -0.1) is 0 Å². The van der Waals surface area contributed by atoms with Gasteiger partial charge in [-0.05, 0) is 25.0 Å². The smallest absolute Gasteiger partial charge is 0.325 e. The van der Waals surface area contributed by atoms with Crippen LogP contribution >= 0.6 is 0 Å². The van der Waals surface area contributed by atoms with Crippen LogP contribution in [0, 0.1) is 13.8 Å². The van der Waals surface area contributed by atoms with Gasteiger partial charge in [0.25, 0.3) is 0 Å². The van der Waals surface area contributed by atoms with E-state index in [0.717, 1.165) is 27.7 Å². The number of nitrogens with zero attached hydrogens (tertiary/aromatic N) is 1. The molecule has 5 heteroatoms. The number of carbonyl (C=O) groups is 2. The zero-order valence-electron chi connectivity index (χ0n) is 12.7. The molecule has 0 fully saturated rings. The molecule has 0 aliphatic carbocycles. The molecular formula is C16H19NO4. The van der Waals surface area contributed by atoms with Crippen molar-refractivity contribution in [3.05, 3.63) is 35.1 Å². The minimum absolute atomic E-state index is 0.0523. The van der Waals surface area contributed by atoms with E-state index < -0.39 is 5.97 Å². The van der Waals surface area contributed by atoms with E-state index >= 15 is 0 Å². The molecule has 0 saturated carbocycles. The van der Waals surface area contributed by atoms with Crippen molar-refractivity contribution in [3.63, 3.8) is 0 Å². The molecule has 0 atom stereocenters. The van der Waals surface area contributed by atoms with Crippen molar-refractivity contribution in [1.29, 1.82) is 0 Å². The highest BCUT2D eigenvalue weighted by Gasteiger charge is 2.17. The third-order valence-corrected chi connectivity index (χ3v) is 3.70. The Kier molecular flexibility index (Phi) is 4.31. The van der Waals surface area contributed by atoms with Gasteiger partial charge in [0.2, 0.25) is 5.91 Å². The molecule has 0 unspecified atom stereocenters. The van der Waals surface area contributed by atoms with E-state index in [1.54, 1.807) is 13.3 Å². The Morgan fingerprint density at radius 2 is 2.00 bits per heavy atom. The van der Waals surface area contributed by atoms with Crippen molar-refractivity contribution in [1.82, 2.24) is 4.90 Å². The van der Waals surface area contributed by atoms with Crippen molar-refractivity contribution < 1.29 is 18.7 Å². The maximum atomic E-state index is 12.1. The standard InChI is InChI=1S/C16H19NO4/c1-10-5-6-13-12(9-21-16(13)11(10)2)7-14(18)17(3)8-15(19)20-4/h5-6,9H,7-8H2,1-4H3. The molecule has 1 aromatic carbocycles. The van der Waals surface area contributed by atoms with E-state index in [0.29, 0.717) is 0 Å². The summed E-state index contributed by atoms with van der Waals surface area (Å²) in [6.45, 7) is 3.96. The van der Waals surface area contributed by atoms with Gasteiger partial charge in [0.05, 0.1) is 19.8 Å². The van der Waals surface area contributed by atoms with Gasteiger partial charge in [-0.25, -0.2) is 0 Å². The van der Waals surface area contributed by atoms with Crippen molar-refractivity contribution >= 4 is 22.8 Å². The summed E-state index contributed by atoms with van der Waals surface area (Å²) in [5, 5.41) is 0.943. The Labute approximate surface area is 123 Å². The number of hydrogen-bond donors (Lipinski definition) is 0. The van der Waals surface area contributed by atoms with Crippen LogP contribution in [0.25, 0.3) is 11.0 Å². The lowest BCUT2D eigenvalue weighted by atomic mass is 10.0. The van der Waals surface area contributed by atoms with E-state index in [4.69, 9.17) is 4.42 Å². The van der Waals surface area contributed by atoms with Crippen molar-refractivity contribution in [2.45, 2.75) is 20.3 Å². The van der Waals surface area contributed by atoms with Gasteiger partial charge in [-0.1, -0.05) is 12.1 Å². The highest BCUT2D eigenvalue weighted by molar-refractivity contribution is 5.90. The molecule has 0 N–H and O–H groups in total. The number of benzene rings is 1. The van der Waals surface area contributed by atoms with Crippen LogP contribution in [-0.4, -0.2) is 37.5 Å². The van der Waals surface area contributed by atoms with E-state index in [1.807, 2.05) is 26.0 Å². The first-order valence-corrected chi connectivity index (χ1v) is 6.71. The minimum atomic E-state index is -0.436. The number of esters is 1. The maximum Gasteiger partial charge on any atom is 0.325 e. The Balaban J connectivity index is 2.18. The SMILES string of the molecule is COC(=O)CN(C)C(=O)Cc1coc2c(C)c(C)ccc12. The van der Waals surface area contributed by atoms with Gasteiger partial charge in [0.1, 0.15) is 12.1 Å². The zero-order chi connectivity index (χ0) is 15.6. The highest BCUT2D eigenvalue weighted by atomic mass is 16.5. The van der Waals surface area contributed by atoms with Crippen LogP contribution in [0.15, 0.2) is 22.8 Å². The normalized spacial score (nSPS) is 10.7. The van der Waals surface area contributed by atoms with Crippen molar-refractivity contribution in [3.8, 4) is 0 Å². The number of hydrogen-bond acceptors (Lipinski definition) is 4. The number of fused-ring (bicyclic) bond motifs is 1. The number of furan rings is 1. The third kappa shape index (κ3) is 3.07. The molecule has 0 aliphatic heterocycles. The summed E-state index contributed by atoms with van der Waals surface area (Å²) in [5.74, 6) is -0.587. The molecule has 0 spiro atoms. The van der Waals surface area contributed by atoms with Crippen LogP contribution < -0.4 is 0 Å². The lowest BCUT2D eigenvalue weighted by Gasteiger charge is -2.15.